The Hall–Kier alpha value is -2.71. The number of hydrogen-bond donors (Lipinski definition) is 2. The zero-order chi connectivity index (χ0) is 12.8. The van der Waals surface area contributed by atoms with Gasteiger partial charge in [0.15, 0.2) is 0 Å². The first-order valence-electron chi connectivity index (χ1n) is 4.29. The van der Waals surface area contributed by atoms with Crippen molar-refractivity contribution in [3.8, 4) is 0 Å². The highest BCUT2D eigenvalue weighted by atomic mass is 16.6. The molecule has 2 N–H and O–H groups in total. The molecule has 1 aromatic rings. The Morgan fingerprint density at radius 1 is 1.53 bits per heavy atom. The second-order valence-electron chi connectivity index (χ2n) is 2.76. The Labute approximate surface area is 94.7 Å². The van der Waals surface area contributed by atoms with Gasteiger partial charge in [-0.05, 0) is 12.8 Å². The van der Waals surface area contributed by atoms with Crippen LogP contribution in [0.5, 0.6) is 0 Å². The summed E-state index contributed by atoms with van der Waals surface area (Å²) < 4.78 is 4.40. The Bertz CT molecular complexity index is 441. The topological polar surface area (TPSA) is 127 Å². The summed E-state index contributed by atoms with van der Waals surface area (Å²) in [6, 6.07) is 2.25. The monoisotopic (exact) mass is 240 g/mol. The van der Waals surface area contributed by atoms with Crippen LogP contribution in [-0.4, -0.2) is 29.7 Å². The van der Waals surface area contributed by atoms with Gasteiger partial charge in [0.1, 0.15) is 4.92 Å². The van der Waals surface area contributed by atoms with E-state index in [-0.39, 0.29) is 5.88 Å². The summed E-state index contributed by atoms with van der Waals surface area (Å²) in [6.07, 6.45) is 0.468. The summed E-state index contributed by atoms with van der Waals surface area (Å²) in [5.74, 6) is -0.667. The number of nitro groups is 1. The molecular formula is C8H8N4O5. The van der Waals surface area contributed by atoms with E-state index in [1.807, 2.05) is 5.32 Å². The van der Waals surface area contributed by atoms with E-state index in [9.17, 15) is 19.7 Å². The summed E-state index contributed by atoms with van der Waals surface area (Å²) in [4.78, 5) is 33.3. The zero-order valence-corrected chi connectivity index (χ0v) is 8.45. The van der Waals surface area contributed by atoms with Crippen LogP contribution in [0.2, 0.25) is 0 Å². The van der Waals surface area contributed by atoms with Gasteiger partial charge in [-0.1, -0.05) is 0 Å². The molecule has 0 radical (unpaired) electrons. The van der Waals surface area contributed by atoms with E-state index in [4.69, 9.17) is 0 Å². The van der Waals surface area contributed by atoms with Gasteiger partial charge < -0.3 is 9.73 Å². The normalized spacial score (nSPS) is 17.5. The highest BCUT2D eigenvalue weighted by Gasteiger charge is 2.27. The van der Waals surface area contributed by atoms with E-state index in [2.05, 4.69) is 21.4 Å². The molecule has 1 atom stereocenters. The molecule has 2 rings (SSSR count). The molecule has 9 heteroatoms. The van der Waals surface area contributed by atoms with Crippen LogP contribution in [0, 0.1) is 10.1 Å². The Kier molecular flexibility index (Phi) is 3.92. The lowest BCUT2D eigenvalue weighted by Gasteiger charge is -1.94. The van der Waals surface area contributed by atoms with Crippen molar-refractivity contribution in [2.24, 2.45) is 4.99 Å². The number of carbonyl (C=O) groups is 2. The average Bonchev–Trinajstić information content (AvgIpc) is 2.88. The van der Waals surface area contributed by atoms with E-state index < -0.39 is 23.0 Å². The molecule has 90 valence electrons. The first-order valence-corrected chi connectivity index (χ1v) is 4.29. The van der Waals surface area contributed by atoms with Crippen molar-refractivity contribution >= 4 is 24.5 Å². The standard InChI is InChI=1S/C4H5N3O2.C4H3NO3/c1-5-2-3(8)7-4(9)6-2;6-5(7)4-2-1-3-8-4/h2H,1H2,(H2,6,7,8,9);1-3H. The minimum atomic E-state index is -0.794. The second-order valence-corrected chi connectivity index (χ2v) is 2.76. The van der Waals surface area contributed by atoms with Crippen LogP contribution in [0.1, 0.15) is 0 Å². The van der Waals surface area contributed by atoms with Crippen molar-refractivity contribution in [2.75, 3.05) is 0 Å². The number of urea groups is 1. The number of furan rings is 1. The maximum absolute atomic E-state index is 10.5. The molecule has 0 aliphatic carbocycles. The fourth-order valence-electron chi connectivity index (χ4n) is 0.908. The quantitative estimate of drug-likeness (QED) is 0.326. The molecule has 1 aliphatic heterocycles. The summed E-state index contributed by atoms with van der Waals surface area (Å²) in [6.45, 7) is 3.10. The first kappa shape index (κ1) is 12.4. The molecule has 9 nitrogen and oxygen atoms in total. The lowest BCUT2D eigenvalue weighted by atomic mass is 10.5. The number of rotatable bonds is 2. The van der Waals surface area contributed by atoms with Crippen LogP contribution in [0.3, 0.4) is 0 Å². The minimum Gasteiger partial charge on any atom is -0.409 e. The molecule has 2 heterocycles. The predicted molar refractivity (Wildman–Crippen MR) is 55.4 cm³/mol. The molecule has 1 aromatic heterocycles. The van der Waals surface area contributed by atoms with Gasteiger partial charge in [-0.15, -0.1) is 0 Å². The lowest BCUT2D eigenvalue weighted by molar-refractivity contribution is -0.402. The minimum absolute atomic E-state index is 0.218. The molecule has 1 saturated heterocycles. The van der Waals surface area contributed by atoms with Crippen molar-refractivity contribution in [2.45, 2.75) is 6.17 Å². The molecule has 0 aromatic carbocycles. The van der Waals surface area contributed by atoms with E-state index in [1.165, 1.54) is 18.4 Å². The van der Waals surface area contributed by atoms with Crippen LogP contribution in [0.15, 0.2) is 27.8 Å². The SMILES string of the molecule is C=NC1NC(=O)NC1=O.O=[N+]([O-])c1ccco1. The van der Waals surface area contributed by atoms with E-state index >= 15 is 0 Å². The van der Waals surface area contributed by atoms with Gasteiger partial charge in [-0.2, -0.15) is 0 Å². The number of aliphatic imine (C=N–C) groups is 1. The maximum atomic E-state index is 10.5. The molecule has 1 aliphatic rings. The van der Waals surface area contributed by atoms with Gasteiger partial charge in [-0.25, -0.2) is 4.79 Å². The smallest absolute Gasteiger partial charge is 0.409 e. The second kappa shape index (κ2) is 5.39. The zero-order valence-electron chi connectivity index (χ0n) is 8.45. The van der Waals surface area contributed by atoms with Gasteiger partial charge in [0.25, 0.3) is 5.91 Å². The van der Waals surface area contributed by atoms with E-state index in [0.717, 1.165) is 0 Å². The van der Waals surface area contributed by atoms with Gasteiger partial charge >= 0.3 is 11.9 Å². The molecule has 1 unspecified atom stereocenters. The Balaban J connectivity index is 0.000000171. The third-order valence-electron chi connectivity index (χ3n) is 1.62. The number of amides is 3. The molecule has 3 amide bonds. The highest BCUT2D eigenvalue weighted by Crippen LogP contribution is 2.08. The molecule has 0 bridgehead atoms. The molecule has 1 fully saturated rings. The van der Waals surface area contributed by atoms with Crippen molar-refractivity contribution in [1.82, 2.24) is 10.6 Å². The number of imide groups is 1. The number of hydrogen-bond acceptors (Lipinski definition) is 6. The van der Waals surface area contributed by atoms with Gasteiger partial charge in [0.05, 0.1) is 12.3 Å². The van der Waals surface area contributed by atoms with Crippen LogP contribution in [-0.2, 0) is 4.79 Å². The van der Waals surface area contributed by atoms with Crippen LogP contribution in [0.25, 0.3) is 0 Å². The Morgan fingerprint density at radius 2 is 2.24 bits per heavy atom. The fraction of sp³-hybridized carbons (Fsp3) is 0.125. The number of carbonyl (C=O) groups excluding carboxylic acids is 2. The molecule has 0 saturated carbocycles. The first-order chi connectivity index (χ1) is 8.04. The summed E-state index contributed by atoms with van der Waals surface area (Å²) in [5, 5.41) is 14.0. The molecule has 0 spiro atoms. The van der Waals surface area contributed by atoms with Crippen LogP contribution < -0.4 is 10.6 Å². The van der Waals surface area contributed by atoms with E-state index in [0.29, 0.717) is 0 Å². The average molecular weight is 240 g/mol. The van der Waals surface area contributed by atoms with Crippen molar-refractivity contribution < 1.29 is 18.9 Å². The highest BCUT2D eigenvalue weighted by molar-refractivity contribution is 6.04. The third kappa shape index (κ3) is 3.41. The van der Waals surface area contributed by atoms with Gasteiger partial charge in [0.2, 0.25) is 6.17 Å². The molecule has 17 heavy (non-hydrogen) atoms. The predicted octanol–water partition coefficient (Wildman–Crippen LogP) is 0.0403. The summed E-state index contributed by atoms with van der Waals surface area (Å²) in [7, 11) is 0. The third-order valence-corrected chi connectivity index (χ3v) is 1.62. The lowest BCUT2D eigenvalue weighted by Crippen LogP contribution is -2.25. The Morgan fingerprint density at radius 3 is 2.47 bits per heavy atom. The van der Waals surface area contributed by atoms with Crippen LogP contribution in [0.4, 0.5) is 10.7 Å². The van der Waals surface area contributed by atoms with Gasteiger partial charge in [0, 0.05) is 0 Å². The van der Waals surface area contributed by atoms with Crippen LogP contribution >= 0.6 is 0 Å². The largest absolute Gasteiger partial charge is 0.432 e. The van der Waals surface area contributed by atoms with E-state index in [1.54, 1.807) is 0 Å². The molecular weight excluding hydrogens is 232 g/mol. The summed E-state index contributed by atoms with van der Waals surface area (Å²) >= 11 is 0. The summed E-state index contributed by atoms with van der Waals surface area (Å²) in [5.41, 5.74) is 0. The van der Waals surface area contributed by atoms with Crippen molar-refractivity contribution in [3.05, 3.63) is 28.5 Å². The fourth-order valence-corrected chi connectivity index (χ4v) is 0.908. The number of nitrogens with one attached hydrogen (secondary N) is 2. The maximum Gasteiger partial charge on any atom is 0.432 e. The number of nitrogens with zero attached hydrogens (tertiary/aromatic N) is 2. The van der Waals surface area contributed by atoms with Gasteiger partial charge in [-0.3, -0.25) is 25.2 Å². The van der Waals surface area contributed by atoms with Crippen molar-refractivity contribution in [3.63, 3.8) is 0 Å². The van der Waals surface area contributed by atoms with Crippen molar-refractivity contribution in [1.29, 1.82) is 0 Å².